The van der Waals surface area contributed by atoms with Gasteiger partial charge in [-0.2, -0.15) is 16.9 Å². The van der Waals surface area contributed by atoms with Crippen molar-refractivity contribution < 1.29 is 4.79 Å². The van der Waals surface area contributed by atoms with Crippen LogP contribution in [0.4, 0.5) is 0 Å². The maximum absolute atomic E-state index is 12.9. The Bertz CT molecular complexity index is 678. The number of rotatable bonds is 4. The van der Waals surface area contributed by atoms with E-state index in [2.05, 4.69) is 46.3 Å². The van der Waals surface area contributed by atoms with Gasteiger partial charge in [0.05, 0.1) is 11.7 Å². The highest BCUT2D eigenvalue weighted by molar-refractivity contribution is 8.00. The molecular weight excluding hydrogens is 318 g/mol. The zero-order valence-corrected chi connectivity index (χ0v) is 15.4. The van der Waals surface area contributed by atoms with Crippen molar-refractivity contribution in [3.05, 3.63) is 52.8 Å². The van der Waals surface area contributed by atoms with Crippen LogP contribution < -0.4 is 0 Å². The van der Waals surface area contributed by atoms with Gasteiger partial charge in [0.15, 0.2) is 0 Å². The lowest BCUT2D eigenvalue weighted by Crippen LogP contribution is -2.44. The quantitative estimate of drug-likeness (QED) is 0.921. The van der Waals surface area contributed by atoms with Gasteiger partial charge in [0.1, 0.15) is 0 Å². The summed E-state index contributed by atoms with van der Waals surface area (Å²) >= 11 is 1.95. The minimum absolute atomic E-state index is 0.170. The van der Waals surface area contributed by atoms with Crippen LogP contribution in [0.25, 0.3) is 0 Å². The first kappa shape index (κ1) is 17.1. The minimum Gasteiger partial charge on any atom is -0.334 e. The molecule has 2 heterocycles. The molecule has 5 heteroatoms. The van der Waals surface area contributed by atoms with Gasteiger partial charge in [-0.25, -0.2) is 0 Å². The van der Waals surface area contributed by atoms with Gasteiger partial charge in [-0.05, 0) is 31.4 Å². The Labute approximate surface area is 148 Å². The summed E-state index contributed by atoms with van der Waals surface area (Å²) in [5.74, 6) is 1.26. The van der Waals surface area contributed by atoms with Crippen LogP contribution in [-0.2, 0) is 11.2 Å². The maximum atomic E-state index is 12.9. The van der Waals surface area contributed by atoms with Crippen molar-refractivity contribution in [2.45, 2.75) is 44.9 Å². The van der Waals surface area contributed by atoms with Gasteiger partial charge in [-0.3, -0.25) is 9.89 Å². The van der Waals surface area contributed by atoms with Crippen LogP contribution in [0, 0.1) is 13.8 Å². The molecule has 24 heavy (non-hydrogen) atoms. The number of hydrogen-bond acceptors (Lipinski definition) is 3. The Morgan fingerprint density at radius 3 is 2.75 bits per heavy atom. The number of benzene rings is 1. The molecule has 1 aliphatic rings. The van der Waals surface area contributed by atoms with Gasteiger partial charge in [0.2, 0.25) is 5.91 Å². The predicted molar refractivity (Wildman–Crippen MR) is 99.2 cm³/mol. The molecule has 2 unspecified atom stereocenters. The first-order valence-electron chi connectivity index (χ1n) is 8.54. The van der Waals surface area contributed by atoms with E-state index < -0.39 is 0 Å². The number of carbonyl (C=O) groups is 1. The second-order valence-electron chi connectivity index (χ2n) is 6.43. The van der Waals surface area contributed by atoms with Crippen LogP contribution in [0.2, 0.25) is 0 Å². The summed E-state index contributed by atoms with van der Waals surface area (Å²) in [7, 11) is 0. The molecule has 2 aromatic rings. The smallest absolute Gasteiger partial charge is 0.223 e. The summed E-state index contributed by atoms with van der Waals surface area (Å²) in [6.07, 6.45) is 1.30. The van der Waals surface area contributed by atoms with Crippen LogP contribution in [-0.4, -0.2) is 38.6 Å². The van der Waals surface area contributed by atoms with Crippen molar-refractivity contribution in [3.8, 4) is 0 Å². The first-order valence-corrected chi connectivity index (χ1v) is 9.59. The van der Waals surface area contributed by atoms with E-state index in [1.807, 2.05) is 31.7 Å². The average molecular weight is 343 g/mol. The van der Waals surface area contributed by atoms with Gasteiger partial charge in [-0.15, -0.1) is 0 Å². The molecule has 0 spiro atoms. The van der Waals surface area contributed by atoms with E-state index in [9.17, 15) is 4.79 Å². The highest BCUT2D eigenvalue weighted by atomic mass is 32.2. The molecule has 1 fully saturated rings. The summed E-state index contributed by atoms with van der Waals surface area (Å²) in [6.45, 7) is 7.07. The second kappa shape index (κ2) is 7.43. The molecule has 128 valence electrons. The largest absolute Gasteiger partial charge is 0.334 e. The molecule has 3 rings (SSSR count). The van der Waals surface area contributed by atoms with Gasteiger partial charge in [0.25, 0.3) is 0 Å². The number of nitrogens with one attached hydrogen (secondary N) is 1. The lowest BCUT2D eigenvalue weighted by Gasteiger charge is -2.40. The maximum Gasteiger partial charge on any atom is 0.223 e. The van der Waals surface area contributed by atoms with Crippen molar-refractivity contribution in [1.82, 2.24) is 15.1 Å². The number of carbonyl (C=O) groups excluding carboxylic acids is 1. The molecule has 1 N–H and O–H groups in total. The molecule has 1 aromatic carbocycles. The van der Waals surface area contributed by atoms with Crippen LogP contribution in [0.1, 0.15) is 41.9 Å². The number of nitrogens with zero attached hydrogens (tertiary/aromatic N) is 2. The molecule has 1 aliphatic heterocycles. The van der Waals surface area contributed by atoms with E-state index in [1.54, 1.807) is 0 Å². The fourth-order valence-electron chi connectivity index (χ4n) is 3.52. The molecule has 1 amide bonds. The average Bonchev–Trinajstić information content (AvgIpc) is 2.91. The highest BCUT2D eigenvalue weighted by Crippen LogP contribution is 2.36. The van der Waals surface area contributed by atoms with E-state index in [1.165, 1.54) is 11.1 Å². The Morgan fingerprint density at radius 1 is 1.33 bits per heavy atom. The molecule has 1 saturated heterocycles. The molecule has 4 nitrogen and oxygen atoms in total. The van der Waals surface area contributed by atoms with Crippen LogP contribution >= 0.6 is 11.8 Å². The summed E-state index contributed by atoms with van der Waals surface area (Å²) in [5.41, 5.74) is 4.49. The van der Waals surface area contributed by atoms with Crippen molar-refractivity contribution in [1.29, 1.82) is 0 Å². The first-order chi connectivity index (χ1) is 11.6. The van der Waals surface area contributed by atoms with Crippen molar-refractivity contribution in [2.75, 3.05) is 12.3 Å². The number of H-pyrrole nitrogens is 1. The molecule has 0 radical (unpaired) electrons. The monoisotopic (exact) mass is 343 g/mol. The van der Waals surface area contributed by atoms with Crippen LogP contribution in [0.15, 0.2) is 30.3 Å². The number of aromatic nitrogens is 2. The molecule has 0 bridgehead atoms. The number of aryl methyl sites for hydroxylation is 2. The summed E-state index contributed by atoms with van der Waals surface area (Å²) in [6, 6.07) is 10.6. The summed E-state index contributed by atoms with van der Waals surface area (Å²) in [4.78, 5) is 15.0. The number of hydrogen-bond donors (Lipinski definition) is 1. The predicted octanol–water partition coefficient (Wildman–Crippen LogP) is 3.66. The molecular formula is C19H25N3OS. The molecule has 0 aliphatic carbocycles. The van der Waals surface area contributed by atoms with Gasteiger partial charge in [0, 0.05) is 29.7 Å². The standard InChI is InChI=1S/C19H25N3OS/c1-13-17(14(2)21-20-13)9-10-18(23)22-11-12-24-15(3)19(22)16-7-5-4-6-8-16/h4-8,15,19H,9-12H2,1-3H3,(H,20,21). The van der Waals surface area contributed by atoms with Gasteiger partial charge in [-0.1, -0.05) is 37.3 Å². The lowest BCUT2D eigenvalue weighted by molar-refractivity contribution is -0.133. The summed E-state index contributed by atoms with van der Waals surface area (Å²) in [5, 5.41) is 7.65. The topological polar surface area (TPSA) is 49.0 Å². The third kappa shape index (κ3) is 3.51. The zero-order valence-electron chi connectivity index (χ0n) is 14.6. The van der Waals surface area contributed by atoms with Gasteiger partial charge >= 0.3 is 0 Å². The number of aromatic amines is 1. The zero-order chi connectivity index (χ0) is 17.1. The van der Waals surface area contributed by atoms with Crippen molar-refractivity contribution in [2.24, 2.45) is 0 Å². The third-order valence-corrected chi connectivity index (χ3v) is 6.03. The van der Waals surface area contributed by atoms with Crippen molar-refractivity contribution >= 4 is 17.7 Å². The molecule has 0 saturated carbocycles. The number of thioether (sulfide) groups is 1. The molecule has 2 atom stereocenters. The Morgan fingerprint density at radius 2 is 2.08 bits per heavy atom. The van der Waals surface area contributed by atoms with Gasteiger partial charge < -0.3 is 4.90 Å². The number of amides is 1. The Hall–Kier alpha value is -1.75. The van der Waals surface area contributed by atoms with Crippen LogP contribution in [0.3, 0.4) is 0 Å². The van der Waals surface area contributed by atoms with E-state index in [0.717, 1.165) is 30.1 Å². The van der Waals surface area contributed by atoms with E-state index in [-0.39, 0.29) is 11.9 Å². The highest BCUT2D eigenvalue weighted by Gasteiger charge is 2.33. The Kier molecular flexibility index (Phi) is 5.29. The lowest BCUT2D eigenvalue weighted by atomic mass is 10.0. The minimum atomic E-state index is 0.170. The van der Waals surface area contributed by atoms with Crippen LogP contribution in [0.5, 0.6) is 0 Å². The van der Waals surface area contributed by atoms with E-state index in [4.69, 9.17) is 0 Å². The summed E-state index contributed by atoms with van der Waals surface area (Å²) < 4.78 is 0. The van der Waals surface area contributed by atoms with Crippen molar-refractivity contribution in [3.63, 3.8) is 0 Å². The third-order valence-electron chi connectivity index (χ3n) is 4.82. The fourth-order valence-corrected chi connectivity index (χ4v) is 4.68. The fraction of sp³-hybridized carbons (Fsp3) is 0.474. The Balaban J connectivity index is 1.74. The second-order valence-corrected chi connectivity index (χ2v) is 7.92. The SMILES string of the molecule is Cc1n[nH]c(C)c1CCC(=O)N1CCSC(C)C1c1ccccc1. The molecule has 1 aromatic heterocycles. The normalized spacial score (nSPS) is 21.0. The van der Waals surface area contributed by atoms with E-state index in [0.29, 0.717) is 11.7 Å². The van der Waals surface area contributed by atoms with E-state index >= 15 is 0 Å².